The Morgan fingerprint density at radius 2 is 2.06 bits per heavy atom. The van der Waals surface area contributed by atoms with Crippen molar-refractivity contribution in [2.45, 2.75) is 31.5 Å². The number of aromatic nitrogens is 4. The van der Waals surface area contributed by atoms with Crippen LogP contribution < -0.4 is 4.90 Å². The van der Waals surface area contributed by atoms with E-state index in [-0.39, 0.29) is 30.0 Å². The number of hydrogen-bond donors (Lipinski definition) is 3. The van der Waals surface area contributed by atoms with E-state index in [0.717, 1.165) is 37.2 Å². The molecule has 0 bridgehead atoms. The molecule has 0 aliphatic carbocycles. The first kappa shape index (κ1) is 22.3. The van der Waals surface area contributed by atoms with Gasteiger partial charge in [0, 0.05) is 12.2 Å². The molecule has 3 aromatic rings. The van der Waals surface area contributed by atoms with Gasteiger partial charge in [0.15, 0.2) is 28.2 Å². The normalized spacial score (nSPS) is 21.6. The molecule has 0 radical (unpaired) electrons. The minimum absolute atomic E-state index is 0.129. The maximum absolute atomic E-state index is 9.74. The summed E-state index contributed by atoms with van der Waals surface area (Å²) in [6.07, 6.45) is 3.67. The van der Waals surface area contributed by atoms with E-state index in [4.69, 9.17) is 30.6 Å². The summed E-state index contributed by atoms with van der Waals surface area (Å²) >= 11 is 6.30. The molecule has 2 aliphatic rings. The van der Waals surface area contributed by atoms with Gasteiger partial charge in [-0.25, -0.2) is 9.50 Å². The predicted octanol–water partition coefficient (Wildman–Crippen LogP) is 3.27. The summed E-state index contributed by atoms with van der Waals surface area (Å²) in [7, 11) is -4.05. The zero-order valence-corrected chi connectivity index (χ0v) is 19.5. The fourth-order valence-electron chi connectivity index (χ4n) is 4.18. The first-order valence-corrected chi connectivity index (χ1v) is 13.4. The highest BCUT2D eigenvalue weighted by atomic mass is 35.5. The average Bonchev–Trinajstić information content (AvgIpc) is 3.49. The quantitative estimate of drug-likeness (QED) is 0.422. The largest absolute Gasteiger partial charge is 0.366 e. The molecule has 5 rings (SSSR count). The van der Waals surface area contributed by atoms with Crippen LogP contribution in [0.4, 0.5) is 11.5 Å². The van der Waals surface area contributed by atoms with E-state index in [1.807, 2.05) is 12.1 Å². The number of halogens is 1. The van der Waals surface area contributed by atoms with Gasteiger partial charge >= 0.3 is 0 Å². The molecule has 2 aliphatic heterocycles. The number of benzene rings is 1. The number of ether oxygens (including phenoxy) is 1. The molecule has 0 saturated carbocycles. The van der Waals surface area contributed by atoms with Crippen molar-refractivity contribution >= 4 is 45.5 Å². The molecule has 32 heavy (non-hydrogen) atoms. The molecule has 3 unspecified atom stereocenters. The van der Waals surface area contributed by atoms with Crippen molar-refractivity contribution in [1.82, 2.24) is 19.6 Å². The lowest BCUT2D eigenvalue weighted by molar-refractivity contribution is 0.0151. The molecule has 3 atom stereocenters. The Morgan fingerprint density at radius 3 is 2.91 bits per heavy atom. The second kappa shape index (κ2) is 9.41. The Hall–Kier alpha value is -1.48. The number of para-hydroxylation sites is 1. The van der Waals surface area contributed by atoms with Crippen molar-refractivity contribution in [3.05, 3.63) is 47.0 Å². The molecule has 0 amide bonds. The fraction of sp³-hybridized carbons (Fsp3) is 0.421. The lowest BCUT2D eigenvalue weighted by atomic mass is 10.1. The van der Waals surface area contributed by atoms with Gasteiger partial charge in [-0.1, -0.05) is 18.2 Å². The standard InChI is InChI=1S/C19H22ClN5O5P2/c20-19-22-18(24-8-7-12-3-1-2-4-14(12)24)17-21-9-15(25(17)23-19)16-6-5-13(30-16)10-29-32(28)11-31(26)27/h1-4,9,13,16,26-28H,5-8,10-11H2. The van der Waals surface area contributed by atoms with E-state index in [1.165, 1.54) is 5.56 Å². The van der Waals surface area contributed by atoms with Crippen LogP contribution in [0, 0.1) is 0 Å². The van der Waals surface area contributed by atoms with Crippen LogP contribution in [-0.2, 0) is 15.7 Å². The van der Waals surface area contributed by atoms with E-state index >= 15 is 0 Å². The molecule has 1 saturated heterocycles. The van der Waals surface area contributed by atoms with Gasteiger partial charge in [0.2, 0.25) is 5.28 Å². The van der Waals surface area contributed by atoms with Gasteiger partial charge < -0.3 is 28.8 Å². The van der Waals surface area contributed by atoms with Crippen LogP contribution in [0.25, 0.3) is 5.65 Å². The van der Waals surface area contributed by atoms with Crippen molar-refractivity contribution in [2.24, 2.45) is 0 Å². The van der Waals surface area contributed by atoms with Gasteiger partial charge in [-0.3, -0.25) is 0 Å². The summed E-state index contributed by atoms with van der Waals surface area (Å²) in [6, 6.07) is 8.21. The molecular formula is C19H22ClN5O5P2. The Kier molecular flexibility index (Phi) is 6.56. The second-order valence-electron chi connectivity index (χ2n) is 7.64. The lowest BCUT2D eigenvalue weighted by Crippen LogP contribution is -2.18. The fourth-order valence-corrected chi connectivity index (χ4v) is 5.87. The Bertz CT molecular complexity index is 1120. The molecule has 1 aromatic carbocycles. The van der Waals surface area contributed by atoms with Crippen LogP contribution in [0.2, 0.25) is 5.28 Å². The molecule has 0 spiro atoms. The number of hydrogen-bond acceptors (Lipinski definition) is 9. The summed E-state index contributed by atoms with van der Waals surface area (Å²) < 4.78 is 13.1. The van der Waals surface area contributed by atoms with Crippen molar-refractivity contribution in [3.8, 4) is 0 Å². The minimum atomic E-state index is -2.18. The van der Waals surface area contributed by atoms with Gasteiger partial charge in [-0.15, -0.1) is 5.10 Å². The summed E-state index contributed by atoms with van der Waals surface area (Å²) in [4.78, 5) is 38.9. The molecule has 2 aromatic heterocycles. The lowest BCUT2D eigenvalue weighted by Gasteiger charge is -2.19. The van der Waals surface area contributed by atoms with Crippen molar-refractivity contribution in [1.29, 1.82) is 0 Å². The monoisotopic (exact) mass is 497 g/mol. The number of imidazole rings is 1. The maximum atomic E-state index is 9.74. The highest BCUT2D eigenvalue weighted by Gasteiger charge is 2.32. The van der Waals surface area contributed by atoms with Gasteiger partial charge in [-0.05, 0) is 42.5 Å². The SMILES string of the molecule is OP(O)CP(O)OCC1CCC(c2cnc3c(N4CCc5ccccc54)nc(Cl)nn23)O1. The first-order valence-electron chi connectivity index (χ1n) is 10.2. The predicted molar refractivity (Wildman–Crippen MR) is 121 cm³/mol. The van der Waals surface area contributed by atoms with Crippen LogP contribution in [0.15, 0.2) is 30.5 Å². The highest BCUT2D eigenvalue weighted by Crippen LogP contribution is 2.45. The number of rotatable bonds is 7. The van der Waals surface area contributed by atoms with Crippen LogP contribution in [0.3, 0.4) is 0 Å². The number of fused-ring (bicyclic) bond motifs is 2. The molecule has 10 nitrogen and oxygen atoms in total. The van der Waals surface area contributed by atoms with E-state index in [9.17, 15) is 4.89 Å². The summed E-state index contributed by atoms with van der Waals surface area (Å²) in [5.41, 5.74) is 3.74. The van der Waals surface area contributed by atoms with E-state index in [1.54, 1.807) is 10.7 Å². The van der Waals surface area contributed by atoms with Crippen LogP contribution >= 0.6 is 28.4 Å². The van der Waals surface area contributed by atoms with E-state index in [2.05, 4.69) is 32.1 Å². The van der Waals surface area contributed by atoms with Crippen LogP contribution in [0.5, 0.6) is 0 Å². The van der Waals surface area contributed by atoms with Crippen molar-refractivity contribution in [2.75, 3.05) is 24.0 Å². The second-order valence-corrected chi connectivity index (χ2v) is 10.8. The molecule has 13 heteroatoms. The minimum Gasteiger partial charge on any atom is -0.366 e. The van der Waals surface area contributed by atoms with Crippen LogP contribution in [0.1, 0.15) is 30.2 Å². The summed E-state index contributed by atoms with van der Waals surface area (Å²) in [5, 5.41) is 4.51. The number of nitrogens with zero attached hydrogens (tertiary/aromatic N) is 5. The molecular weight excluding hydrogens is 476 g/mol. The highest BCUT2D eigenvalue weighted by molar-refractivity contribution is 7.63. The Morgan fingerprint density at radius 1 is 1.22 bits per heavy atom. The Labute approximate surface area is 191 Å². The van der Waals surface area contributed by atoms with E-state index in [0.29, 0.717) is 11.5 Å². The number of anilines is 2. The third-order valence-corrected chi connectivity index (χ3v) is 8.17. The van der Waals surface area contributed by atoms with Gasteiger partial charge in [-0.2, -0.15) is 4.98 Å². The van der Waals surface area contributed by atoms with Crippen molar-refractivity contribution < 1.29 is 23.9 Å². The molecule has 170 valence electrons. The third kappa shape index (κ3) is 4.47. The van der Waals surface area contributed by atoms with Gasteiger partial charge in [0.1, 0.15) is 6.10 Å². The third-order valence-electron chi connectivity index (χ3n) is 5.58. The first-order chi connectivity index (χ1) is 15.5. The van der Waals surface area contributed by atoms with Crippen LogP contribution in [-0.4, -0.2) is 59.4 Å². The topological polar surface area (TPSA) is 125 Å². The summed E-state index contributed by atoms with van der Waals surface area (Å²) in [5.74, 6) is 0.515. The molecule has 1 fully saturated rings. The molecule has 4 heterocycles. The Balaban J connectivity index is 1.36. The van der Waals surface area contributed by atoms with Gasteiger partial charge in [0.05, 0.1) is 30.5 Å². The average molecular weight is 498 g/mol. The summed E-state index contributed by atoms with van der Waals surface area (Å²) in [6.45, 7) is 0.974. The molecule has 3 N–H and O–H groups in total. The maximum Gasteiger partial charge on any atom is 0.243 e. The smallest absolute Gasteiger partial charge is 0.243 e. The zero-order chi connectivity index (χ0) is 22.2. The van der Waals surface area contributed by atoms with Crippen molar-refractivity contribution in [3.63, 3.8) is 0 Å². The van der Waals surface area contributed by atoms with E-state index < -0.39 is 16.8 Å². The zero-order valence-electron chi connectivity index (χ0n) is 17.0. The van der Waals surface area contributed by atoms with Gasteiger partial charge in [0.25, 0.3) is 0 Å².